The van der Waals surface area contributed by atoms with E-state index in [1.807, 2.05) is 0 Å². The van der Waals surface area contributed by atoms with Crippen molar-refractivity contribution in [3.05, 3.63) is 52.6 Å². The van der Waals surface area contributed by atoms with Crippen LogP contribution in [0.4, 0.5) is 17.1 Å². The van der Waals surface area contributed by atoms with Crippen molar-refractivity contribution < 1.29 is 18.4 Å². The Morgan fingerprint density at radius 3 is 2.55 bits per heavy atom. The first-order valence-corrected chi connectivity index (χ1v) is 10.3. The second-order valence-corrected chi connectivity index (χ2v) is 8.49. The lowest BCUT2D eigenvalue weighted by Gasteiger charge is -2.16. The third kappa shape index (κ3) is 3.45. The van der Waals surface area contributed by atoms with Gasteiger partial charge in [-0.2, -0.15) is 4.31 Å². The zero-order valence-electron chi connectivity index (χ0n) is 15.1. The number of hydrogen-bond acceptors (Lipinski definition) is 7. The third-order valence-electron chi connectivity index (χ3n) is 4.75. The number of aromatic nitrogens is 1. The molecule has 0 radical (unpaired) electrons. The maximum Gasteiger partial charge on any atom is 0.270 e. The van der Waals surface area contributed by atoms with E-state index in [1.54, 1.807) is 24.3 Å². The first-order valence-electron chi connectivity index (χ1n) is 8.88. The predicted molar refractivity (Wildman–Crippen MR) is 105 cm³/mol. The number of nitrogens with zero attached hydrogens (tertiary/aromatic N) is 4. The number of benzene rings is 2. The molecule has 1 aromatic heterocycles. The van der Waals surface area contributed by atoms with Gasteiger partial charge >= 0.3 is 0 Å². The number of nitrogens with one attached hydrogen (secondary N) is 1. The van der Waals surface area contributed by atoms with Crippen LogP contribution in [-0.4, -0.2) is 40.8 Å². The topological polar surface area (TPSA) is 141 Å². The lowest BCUT2D eigenvalue weighted by atomic mass is 10.2. The van der Waals surface area contributed by atoms with Gasteiger partial charge in [-0.3, -0.25) is 10.1 Å². The van der Waals surface area contributed by atoms with Gasteiger partial charge in [0.15, 0.2) is 5.69 Å². The van der Waals surface area contributed by atoms with E-state index in [4.69, 9.17) is 0 Å². The van der Waals surface area contributed by atoms with Crippen molar-refractivity contribution >= 4 is 38.0 Å². The van der Waals surface area contributed by atoms with Gasteiger partial charge in [0.2, 0.25) is 15.9 Å². The Balaban J connectivity index is 1.82. The molecule has 0 saturated carbocycles. The minimum atomic E-state index is -3.96. The maximum atomic E-state index is 13.0. The van der Waals surface area contributed by atoms with Gasteiger partial charge in [-0.05, 0) is 25.0 Å². The highest BCUT2D eigenvalue weighted by Gasteiger charge is 2.31. The van der Waals surface area contributed by atoms with Crippen molar-refractivity contribution in [2.75, 3.05) is 13.1 Å². The van der Waals surface area contributed by atoms with Crippen LogP contribution in [0.1, 0.15) is 12.8 Å². The Bertz CT molecular complexity index is 1230. The minimum Gasteiger partial charge on any atom is -0.493 e. The smallest absolute Gasteiger partial charge is 0.270 e. The summed E-state index contributed by atoms with van der Waals surface area (Å²) in [6.07, 6.45) is 1.46. The molecule has 29 heavy (non-hydrogen) atoms. The number of H-pyrrole nitrogens is 1. The van der Waals surface area contributed by atoms with Crippen molar-refractivity contribution in [3.63, 3.8) is 0 Å². The monoisotopic (exact) mass is 415 g/mol. The summed E-state index contributed by atoms with van der Waals surface area (Å²) < 4.78 is 27.3. The summed E-state index contributed by atoms with van der Waals surface area (Å²) in [5.41, 5.74) is 0.417. The fraction of sp³-hybridized carbons (Fsp3) is 0.222. The van der Waals surface area contributed by atoms with Gasteiger partial charge in [-0.25, -0.2) is 8.42 Å². The molecule has 4 rings (SSSR count). The molecule has 0 aliphatic carbocycles. The van der Waals surface area contributed by atoms with E-state index >= 15 is 0 Å². The fourth-order valence-electron chi connectivity index (χ4n) is 3.29. The summed E-state index contributed by atoms with van der Waals surface area (Å²) in [5, 5.41) is 29.9. The van der Waals surface area contributed by atoms with Crippen molar-refractivity contribution in [3.8, 4) is 5.88 Å². The number of azo groups is 1. The summed E-state index contributed by atoms with van der Waals surface area (Å²) in [6.45, 7) is 0.704. The van der Waals surface area contributed by atoms with Crippen LogP contribution in [0.5, 0.6) is 5.88 Å². The molecule has 1 saturated heterocycles. The highest BCUT2D eigenvalue weighted by molar-refractivity contribution is 7.89. The lowest BCUT2D eigenvalue weighted by molar-refractivity contribution is -0.385. The van der Waals surface area contributed by atoms with Crippen LogP contribution in [0.2, 0.25) is 0 Å². The first-order chi connectivity index (χ1) is 13.9. The average Bonchev–Trinajstić information content (AvgIpc) is 3.34. The number of sulfonamides is 1. The summed E-state index contributed by atoms with van der Waals surface area (Å²) in [6, 6.07) is 10.5. The van der Waals surface area contributed by atoms with Gasteiger partial charge in [-0.1, -0.05) is 18.2 Å². The van der Waals surface area contributed by atoms with E-state index in [0.29, 0.717) is 24.0 Å². The number of fused-ring (bicyclic) bond motifs is 1. The Labute approximate surface area is 165 Å². The summed E-state index contributed by atoms with van der Waals surface area (Å²) in [7, 11) is -3.96. The molecule has 1 aliphatic rings. The zero-order chi connectivity index (χ0) is 20.6. The molecular weight excluding hydrogens is 398 g/mol. The van der Waals surface area contributed by atoms with Crippen molar-refractivity contribution in [2.45, 2.75) is 17.7 Å². The van der Waals surface area contributed by atoms with E-state index in [0.717, 1.165) is 18.9 Å². The van der Waals surface area contributed by atoms with Crippen molar-refractivity contribution in [1.29, 1.82) is 0 Å². The second kappa shape index (κ2) is 7.26. The van der Waals surface area contributed by atoms with Crippen LogP contribution in [-0.2, 0) is 10.0 Å². The number of nitro benzene ring substituents is 1. The van der Waals surface area contributed by atoms with Crippen LogP contribution in [0.25, 0.3) is 10.9 Å². The molecule has 0 spiro atoms. The zero-order valence-corrected chi connectivity index (χ0v) is 16.0. The quantitative estimate of drug-likeness (QED) is 0.368. The molecule has 0 unspecified atom stereocenters. The average molecular weight is 415 g/mol. The molecule has 2 heterocycles. The minimum absolute atomic E-state index is 0.0350. The van der Waals surface area contributed by atoms with Gasteiger partial charge in [0.1, 0.15) is 10.6 Å². The van der Waals surface area contributed by atoms with Gasteiger partial charge in [0.05, 0.1) is 10.4 Å². The van der Waals surface area contributed by atoms with Crippen LogP contribution in [0, 0.1) is 10.1 Å². The van der Waals surface area contributed by atoms with E-state index < -0.39 is 14.9 Å². The lowest BCUT2D eigenvalue weighted by Crippen LogP contribution is -2.28. The number of nitro groups is 1. The molecule has 2 N–H and O–H groups in total. The number of hydrogen-bond donors (Lipinski definition) is 2. The molecule has 11 heteroatoms. The Morgan fingerprint density at radius 2 is 1.83 bits per heavy atom. The highest BCUT2D eigenvalue weighted by atomic mass is 32.2. The molecule has 1 aliphatic heterocycles. The second-order valence-electron chi connectivity index (χ2n) is 6.59. The van der Waals surface area contributed by atoms with Gasteiger partial charge in [0, 0.05) is 30.6 Å². The number of para-hydroxylation sites is 1. The van der Waals surface area contributed by atoms with Crippen LogP contribution < -0.4 is 0 Å². The van der Waals surface area contributed by atoms with E-state index in [1.165, 1.54) is 16.4 Å². The summed E-state index contributed by atoms with van der Waals surface area (Å²) >= 11 is 0. The number of rotatable bonds is 5. The highest BCUT2D eigenvalue weighted by Crippen LogP contribution is 2.38. The molecule has 2 aromatic carbocycles. The van der Waals surface area contributed by atoms with Crippen LogP contribution >= 0.6 is 0 Å². The van der Waals surface area contributed by atoms with Crippen molar-refractivity contribution in [1.82, 2.24) is 9.29 Å². The van der Waals surface area contributed by atoms with Crippen LogP contribution in [0.15, 0.2) is 57.6 Å². The Hall–Kier alpha value is -3.31. The maximum absolute atomic E-state index is 13.0. The molecule has 0 amide bonds. The molecule has 0 bridgehead atoms. The molecule has 1 fully saturated rings. The third-order valence-corrected chi connectivity index (χ3v) is 6.68. The fourth-order valence-corrected chi connectivity index (χ4v) is 4.95. The molecule has 3 aromatic rings. The number of aromatic amines is 1. The van der Waals surface area contributed by atoms with E-state index in [2.05, 4.69) is 15.2 Å². The number of non-ortho nitro benzene ring substituents is 1. The molecular formula is C18H17N5O5S. The van der Waals surface area contributed by atoms with Gasteiger partial charge in [-0.15, -0.1) is 10.2 Å². The van der Waals surface area contributed by atoms with Gasteiger partial charge in [0.25, 0.3) is 5.69 Å². The van der Waals surface area contributed by atoms with Crippen molar-refractivity contribution in [2.24, 2.45) is 10.2 Å². The largest absolute Gasteiger partial charge is 0.493 e. The van der Waals surface area contributed by atoms with Gasteiger partial charge < -0.3 is 10.1 Å². The Morgan fingerprint density at radius 1 is 1.10 bits per heavy atom. The molecule has 0 atom stereocenters. The van der Waals surface area contributed by atoms with Crippen LogP contribution in [0.3, 0.4) is 0 Å². The first kappa shape index (κ1) is 19.0. The normalized spacial score (nSPS) is 15.4. The number of aromatic hydroxyl groups is 1. The SMILES string of the molecule is O=[N+]([O-])c1ccc(N=Nc2c(O)[nH]c3ccccc23)c(S(=O)(=O)N2CCCC2)c1. The summed E-state index contributed by atoms with van der Waals surface area (Å²) in [5.74, 6) is -0.208. The Kier molecular flexibility index (Phi) is 4.76. The summed E-state index contributed by atoms with van der Waals surface area (Å²) in [4.78, 5) is 13.0. The van der Waals surface area contributed by atoms with E-state index in [-0.39, 0.29) is 27.8 Å². The standard InChI is InChI=1S/C18H17N5O5S/c24-18-17(13-5-1-2-6-14(13)19-18)21-20-15-8-7-12(23(25)26)11-16(15)29(27,28)22-9-3-4-10-22/h1-2,5-8,11,19,24H,3-4,9-10H2. The predicted octanol–water partition coefficient (Wildman–Crippen LogP) is 3.98. The molecule has 10 nitrogen and oxygen atoms in total. The molecule has 150 valence electrons. The van der Waals surface area contributed by atoms with E-state index in [9.17, 15) is 23.6 Å².